The molecule has 0 N–H and O–H groups in total. The fourth-order valence-electron chi connectivity index (χ4n) is 2.52. The lowest BCUT2D eigenvalue weighted by atomic mass is 10.1. The Kier molecular flexibility index (Phi) is 5.10. The molecule has 126 valence electrons. The van der Waals surface area contributed by atoms with Gasteiger partial charge in [0.2, 0.25) is 0 Å². The molecule has 1 aromatic heterocycles. The molecule has 1 heterocycles. The van der Waals surface area contributed by atoms with Crippen molar-refractivity contribution in [2.24, 2.45) is 0 Å². The first-order valence-electron chi connectivity index (χ1n) is 7.78. The van der Waals surface area contributed by atoms with E-state index >= 15 is 0 Å². The molecular formula is C20H16ClFN2O. The van der Waals surface area contributed by atoms with Crippen molar-refractivity contribution in [1.29, 1.82) is 0 Å². The Balaban J connectivity index is 1.99. The van der Waals surface area contributed by atoms with E-state index in [4.69, 9.17) is 11.6 Å². The van der Waals surface area contributed by atoms with Gasteiger partial charge in [-0.05, 0) is 48.9 Å². The van der Waals surface area contributed by atoms with Gasteiger partial charge in [-0.2, -0.15) is 0 Å². The van der Waals surface area contributed by atoms with Crippen LogP contribution in [0.1, 0.15) is 21.5 Å². The Labute approximate surface area is 150 Å². The first-order valence-corrected chi connectivity index (χ1v) is 8.16. The van der Waals surface area contributed by atoms with Crippen LogP contribution >= 0.6 is 11.6 Å². The smallest absolute Gasteiger partial charge is 0.259 e. The van der Waals surface area contributed by atoms with E-state index in [1.165, 1.54) is 17.0 Å². The third-order valence-corrected chi connectivity index (χ3v) is 4.13. The monoisotopic (exact) mass is 354 g/mol. The lowest BCUT2D eigenvalue weighted by Crippen LogP contribution is -2.31. The van der Waals surface area contributed by atoms with Crippen molar-refractivity contribution in [1.82, 2.24) is 4.98 Å². The Morgan fingerprint density at radius 1 is 1.12 bits per heavy atom. The van der Waals surface area contributed by atoms with E-state index in [9.17, 15) is 9.18 Å². The van der Waals surface area contributed by atoms with E-state index in [0.717, 1.165) is 5.56 Å². The van der Waals surface area contributed by atoms with E-state index in [0.29, 0.717) is 16.9 Å². The van der Waals surface area contributed by atoms with Crippen LogP contribution in [0.2, 0.25) is 5.02 Å². The van der Waals surface area contributed by atoms with E-state index in [1.807, 2.05) is 31.2 Å². The molecule has 25 heavy (non-hydrogen) atoms. The lowest BCUT2D eigenvalue weighted by molar-refractivity contribution is 0.0984. The molecule has 3 aromatic rings. The first-order chi connectivity index (χ1) is 12.0. The molecule has 1 amide bonds. The molecule has 0 fully saturated rings. The van der Waals surface area contributed by atoms with Gasteiger partial charge < -0.3 is 0 Å². The summed E-state index contributed by atoms with van der Waals surface area (Å²) in [5.41, 5.74) is 2.20. The summed E-state index contributed by atoms with van der Waals surface area (Å²) in [6.45, 7) is 2.13. The van der Waals surface area contributed by atoms with Gasteiger partial charge in [-0.3, -0.25) is 9.69 Å². The number of aryl methyl sites for hydroxylation is 1. The molecule has 5 heteroatoms. The highest BCUT2D eigenvalue weighted by Crippen LogP contribution is 2.23. The van der Waals surface area contributed by atoms with Crippen molar-refractivity contribution in [2.45, 2.75) is 13.5 Å². The fourth-order valence-corrected chi connectivity index (χ4v) is 2.75. The van der Waals surface area contributed by atoms with Crippen molar-refractivity contribution in [3.05, 3.63) is 94.4 Å². The van der Waals surface area contributed by atoms with Crippen molar-refractivity contribution in [3.8, 4) is 0 Å². The highest BCUT2D eigenvalue weighted by atomic mass is 35.5. The van der Waals surface area contributed by atoms with E-state index in [-0.39, 0.29) is 17.5 Å². The average molecular weight is 355 g/mol. The standard InChI is InChI=1S/C20H16ClFN2O/c1-14-5-4-6-15(11-14)20(25)24(19-7-2-3-10-23-19)13-16-8-9-17(22)12-18(16)21/h2-12H,13H2,1H3. The SMILES string of the molecule is Cc1cccc(C(=O)N(Cc2ccc(F)cc2Cl)c2ccccn2)c1. The van der Waals surface area contributed by atoms with E-state index in [2.05, 4.69) is 4.98 Å². The van der Waals surface area contributed by atoms with Crippen LogP contribution in [0.4, 0.5) is 10.2 Å². The summed E-state index contributed by atoms with van der Waals surface area (Å²) in [5, 5.41) is 0.276. The Hall–Kier alpha value is -2.72. The number of aromatic nitrogens is 1. The van der Waals surface area contributed by atoms with Gasteiger partial charge in [0.25, 0.3) is 5.91 Å². The van der Waals surface area contributed by atoms with Crippen LogP contribution in [0.25, 0.3) is 0 Å². The largest absolute Gasteiger partial charge is 0.288 e. The average Bonchev–Trinajstić information content (AvgIpc) is 2.61. The predicted octanol–water partition coefficient (Wildman–Crippen LogP) is 5.03. The summed E-state index contributed by atoms with van der Waals surface area (Å²) in [4.78, 5) is 18.9. The quantitative estimate of drug-likeness (QED) is 0.658. The Morgan fingerprint density at radius 2 is 1.96 bits per heavy atom. The summed E-state index contributed by atoms with van der Waals surface area (Å²) in [5.74, 6) is -0.0969. The number of hydrogen-bond acceptors (Lipinski definition) is 2. The number of pyridine rings is 1. The number of hydrogen-bond donors (Lipinski definition) is 0. The minimum Gasteiger partial charge on any atom is -0.288 e. The van der Waals surface area contributed by atoms with Gasteiger partial charge in [0.1, 0.15) is 11.6 Å². The molecule has 0 saturated carbocycles. The molecule has 3 nitrogen and oxygen atoms in total. The van der Waals surface area contributed by atoms with Gasteiger partial charge in [-0.25, -0.2) is 9.37 Å². The molecule has 0 saturated heterocycles. The molecule has 2 aromatic carbocycles. The number of rotatable bonds is 4. The maximum absolute atomic E-state index is 13.3. The van der Waals surface area contributed by atoms with Gasteiger partial charge >= 0.3 is 0 Å². The molecule has 3 rings (SSSR count). The third kappa shape index (κ3) is 4.03. The highest BCUT2D eigenvalue weighted by molar-refractivity contribution is 6.31. The van der Waals surface area contributed by atoms with Crippen molar-refractivity contribution < 1.29 is 9.18 Å². The maximum Gasteiger partial charge on any atom is 0.259 e. The molecular weight excluding hydrogens is 339 g/mol. The normalized spacial score (nSPS) is 10.5. The summed E-state index contributed by atoms with van der Waals surface area (Å²) < 4.78 is 13.3. The molecule has 0 unspecified atom stereocenters. The predicted molar refractivity (Wildman–Crippen MR) is 97.3 cm³/mol. The molecule has 0 radical (unpaired) electrons. The van der Waals surface area contributed by atoms with Crippen LogP contribution in [-0.2, 0) is 6.54 Å². The number of halogens is 2. The Morgan fingerprint density at radius 3 is 2.64 bits per heavy atom. The molecule has 0 aliphatic rings. The number of benzene rings is 2. The summed E-state index contributed by atoms with van der Waals surface area (Å²) in [6.07, 6.45) is 1.62. The summed E-state index contributed by atoms with van der Waals surface area (Å²) >= 11 is 6.14. The van der Waals surface area contributed by atoms with E-state index < -0.39 is 5.82 Å². The summed E-state index contributed by atoms with van der Waals surface area (Å²) in [6, 6.07) is 16.8. The van der Waals surface area contributed by atoms with Crippen LogP contribution in [0.3, 0.4) is 0 Å². The number of nitrogens with zero attached hydrogens (tertiary/aromatic N) is 2. The number of carbonyl (C=O) groups excluding carboxylic acids is 1. The molecule has 0 spiro atoms. The molecule has 0 bridgehead atoms. The third-order valence-electron chi connectivity index (χ3n) is 3.78. The van der Waals surface area contributed by atoms with Gasteiger partial charge in [-0.15, -0.1) is 0 Å². The first kappa shape index (κ1) is 17.1. The number of anilines is 1. The topological polar surface area (TPSA) is 33.2 Å². The van der Waals surface area contributed by atoms with Crippen molar-refractivity contribution >= 4 is 23.3 Å². The maximum atomic E-state index is 13.3. The zero-order valence-electron chi connectivity index (χ0n) is 13.6. The van der Waals surface area contributed by atoms with Crippen LogP contribution in [-0.4, -0.2) is 10.9 Å². The second-order valence-corrected chi connectivity index (χ2v) is 6.09. The highest BCUT2D eigenvalue weighted by Gasteiger charge is 2.20. The van der Waals surface area contributed by atoms with Crippen LogP contribution < -0.4 is 4.90 Å². The minimum atomic E-state index is -0.414. The van der Waals surface area contributed by atoms with Gasteiger partial charge in [0.15, 0.2) is 0 Å². The number of carbonyl (C=O) groups is 1. The second-order valence-electron chi connectivity index (χ2n) is 5.68. The van der Waals surface area contributed by atoms with Crippen LogP contribution in [0, 0.1) is 12.7 Å². The molecule has 0 aliphatic heterocycles. The van der Waals surface area contributed by atoms with Crippen molar-refractivity contribution in [3.63, 3.8) is 0 Å². The van der Waals surface area contributed by atoms with Gasteiger partial charge in [-0.1, -0.05) is 41.4 Å². The van der Waals surface area contributed by atoms with Gasteiger partial charge in [0, 0.05) is 16.8 Å². The zero-order chi connectivity index (χ0) is 17.8. The van der Waals surface area contributed by atoms with Gasteiger partial charge in [0.05, 0.1) is 6.54 Å². The van der Waals surface area contributed by atoms with Crippen molar-refractivity contribution in [2.75, 3.05) is 4.90 Å². The second kappa shape index (κ2) is 7.45. The fraction of sp³-hybridized carbons (Fsp3) is 0.100. The number of amides is 1. The molecule has 0 aliphatic carbocycles. The van der Waals surface area contributed by atoms with E-state index in [1.54, 1.807) is 30.5 Å². The summed E-state index contributed by atoms with van der Waals surface area (Å²) in [7, 11) is 0. The van der Waals surface area contributed by atoms with Crippen LogP contribution in [0.5, 0.6) is 0 Å². The van der Waals surface area contributed by atoms with Crippen LogP contribution in [0.15, 0.2) is 66.9 Å². The Bertz CT molecular complexity index is 899. The minimum absolute atomic E-state index is 0.192. The lowest BCUT2D eigenvalue weighted by Gasteiger charge is -2.22. The zero-order valence-corrected chi connectivity index (χ0v) is 14.4. The molecule has 0 atom stereocenters.